The van der Waals surface area contributed by atoms with Gasteiger partial charge in [0.15, 0.2) is 0 Å². The second-order valence-corrected chi connectivity index (χ2v) is 5.28. The molecule has 19 heavy (non-hydrogen) atoms. The van der Waals surface area contributed by atoms with Crippen molar-refractivity contribution in [1.29, 1.82) is 5.26 Å². The highest BCUT2D eigenvalue weighted by Crippen LogP contribution is 2.30. The number of benzene rings is 1. The largest absolute Gasteiger partial charge is 0.380 e. The van der Waals surface area contributed by atoms with Crippen LogP contribution in [0.2, 0.25) is 0 Å². The van der Waals surface area contributed by atoms with Gasteiger partial charge in [0.1, 0.15) is 6.07 Å². The first kappa shape index (κ1) is 15.9. The first-order chi connectivity index (χ1) is 9.28. The van der Waals surface area contributed by atoms with Crippen LogP contribution in [0.4, 0.5) is 5.69 Å². The van der Waals surface area contributed by atoms with E-state index in [0.29, 0.717) is 6.61 Å². The SMILES string of the molecule is CCOCCN(CC)c1cccc(SCC)c1C#N. The lowest BCUT2D eigenvalue weighted by atomic mass is 10.1. The summed E-state index contributed by atoms with van der Waals surface area (Å²) in [4.78, 5) is 3.27. The number of ether oxygens (including phenoxy) is 1. The van der Waals surface area contributed by atoms with Gasteiger partial charge in [-0.2, -0.15) is 5.26 Å². The van der Waals surface area contributed by atoms with Crippen molar-refractivity contribution in [2.24, 2.45) is 0 Å². The normalized spacial score (nSPS) is 10.2. The summed E-state index contributed by atoms with van der Waals surface area (Å²) < 4.78 is 5.41. The molecule has 0 spiro atoms. The molecule has 104 valence electrons. The van der Waals surface area contributed by atoms with Crippen LogP contribution in [0, 0.1) is 11.3 Å². The van der Waals surface area contributed by atoms with E-state index in [0.717, 1.165) is 41.6 Å². The summed E-state index contributed by atoms with van der Waals surface area (Å²) in [7, 11) is 0. The van der Waals surface area contributed by atoms with Gasteiger partial charge in [-0.15, -0.1) is 11.8 Å². The zero-order valence-electron chi connectivity index (χ0n) is 12.0. The van der Waals surface area contributed by atoms with Gasteiger partial charge in [0.05, 0.1) is 17.9 Å². The minimum absolute atomic E-state index is 0.695. The van der Waals surface area contributed by atoms with E-state index >= 15 is 0 Å². The summed E-state index contributed by atoms with van der Waals surface area (Å²) in [5.41, 5.74) is 1.80. The van der Waals surface area contributed by atoms with Crippen molar-refractivity contribution in [3.63, 3.8) is 0 Å². The Morgan fingerprint density at radius 3 is 2.68 bits per heavy atom. The third kappa shape index (κ3) is 4.45. The molecule has 0 unspecified atom stereocenters. The summed E-state index contributed by atoms with van der Waals surface area (Å²) in [5, 5.41) is 9.42. The first-order valence-corrected chi connectivity index (χ1v) is 7.75. The van der Waals surface area contributed by atoms with Gasteiger partial charge in [-0.1, -0.05) is 13.0 Å². The minimum Gasteiger partial charge on any atom is -0.380 e. The summed E-state index contributed by atoms with van der Waals surface area (Å²) in [6.07, 6.45) is 0. The second kappa shape index (κ2) is 8.84. The number of hydrogen-bond acceptors (Lipinski definition) is 4. The van der Waals surface area contributed by atoms with E-state index in [1.165, 1.54) is 0 Å². The summed E-state index contributed by atoms with van der Waals surface area (Å²) in [6, 6.07) is 8.42. The van der Waals surface area contributed by atoms with Gasteiger partial charge in [0.25, 0.3) is 0 Å². The molecule has 0 N–H and O–H groups in total. The van der Waals surface area contributed by atoms with Crippen LogP contribution >= 0.6 is 11.8 Å². The fourth-order valence-electron chi connectivity index (χ4n) is 1.94. The molecule has 0 aromatic heterocycles. The molecule has 0 heterocycles. The average molecular weight is 278 g/mol. The molecular formula is C15H22N2OS. The molecule has 0 fully saturated rings. The number of thioether (sulfide) groups is 1. The number of nitrogens with zero attached hydrogens (tertiary/aromatic N) is 2. The number of hydrogen-bond donors (Lipinski definition) is 0. The molecule has 1 rings (SSSR count). The van der Waals surface area contributed by atoms with Gasteiger partial charge in [-0.25, -0.2) is 0 Å². The maximum absolute atomic E-state index is 9.42. The van der Waals surface area contributed by atoms with E-state index < -0.39 is 0 Å². The van der Waals surface area contributed by atoms with Gasteiger partial charge in [0, 0.05) is 24.6 Å². The van der Waals surface area contributed by atoms with E-state index in [1.807, 2.05) is 25.1 Å². The lowest BCUT2D eigenvalue weighted by molar-refractivity contribution is 0.154. The van der Waals surface area contributed by atoms with Gasteiger partial charge in [-0.05, 0) is 31.7 Å². The molecule has 0 aliphatic carbocycles. The summed E-state index contributed by atoms with van der Waals surface area (Å²) >= 11 is 1.72. The van der Waals surface area contributed by atoms with Crippen molar-refractivity contribution in [3.8, 4) is 6.07 Å². The Kier molecular flexibility index (Phi) is 7.39. The Balaban J connectivity index is 2.96. The summed E-state index contributed by atoms with van der Waals surface area (Å²) in [6.45, 7) is 9.32. The van der Waals surface area contributed by atoms with Crippen LogP contribution in [0.5, 0.6) is 0 Å². The Bertz CT molecular complexity index is 429. The van der Waals surface area contributed by atoms with Gasteiger partial charge >= 0.3 is 0 Å². The predicted molar refractivity (Wildman–Crippen MR) is 81.9 cm³/mol. The smallest absolute Gasteiger partial charge is 0.103 e. The molecule has 3 nitrogen and oxygen atoms in total. The van der Waals surface area contributed by atoms with Crippen LogP contribution in [-0.4, -0.2) is 32.1 Å². The van der Waals surface area contributed by atoms with Crippen LogP contribution in [-0.2, 0) is 4.74 Å². The van der Waals surface area contributed by atoms with Crippen molar-refractivity contribution in [2.45, 2.75) is 25.7 Å². The molecule has 0 bridgehead atoms. The van der Waals surface area contributed by atoms with Crippen LogP contribution in [0.1, 0.15) is 26.3 Å². The zero-order valence-corrected chi connectivity index (χ0v) is 12.8. The first-order valence-electron chi connectivity index (χ1n) is 6.77. The average Bonchev–Trinajstić information content (AvgIpc) is 2.44. The lowest BCUT2D eigenvalue weighted by Crippen LogP contribution is -2.28. The van der Waals surface area contributed by atoms with Crippen molar-refractivity contribution in [2.75, 3.05) is 37.0 Å². The number of likely N-dealkylation sites (N-methyl/N-ethyl adjacent to an activating group) is 1. The van der Waals surface area contributed by atoms with E-state index in [9.17, 15) is 5.26 Å². The molecule has 0 amide bonds. The van der Waals surface area contributed by atoms with Crippen molar-refractivity contribution in [1.82, 2.24) is 0 Å². The zero-order chi connectivity index (χ0) is 14.1. The molecule has 0 saturated heterocycles. The third-order valence-electron chi connectivity index (χ3n) is 2.85. The molecule has 4 heteroatoms. The maximum Gasteiger partial charge on any atom is 0.103 e. The number of nitriles is 1. The Morgan fingerprint density at radius 2 is 2.11 bits per heavy atom. The van der Waals surface area contributed by atoms with Crippen LogP contribution in [0.3, 0.4) is 0 Å². The highest BCUT2D eigenvalue weighted by molar-refractivity contribution is 7.99. The topological polar surface area (TPSA) is 36.3 Å². The van der Waals surface area contributed by atoms with E-state index in [2.05, 4.69) is 24.8 Å². The minimum atomic E-state index is 0.695. The van der Waals surface area contributed by atoms with Crippen molar-refractivity contribution in [3.05, 3.63) is 23.8 Å². The monoisotopic (exact) mass is 278 g/mol. The van der Waals surface area contributed by atoms with Gasteiger partial charge in [0.2, 0.25) is 0 Å². The molecular weight excluding hydrogens is 256 g/mol. The fourth-order valence-corrected chi connectivity index (χ4v) is 2.72. The molecule has 1 aromatic carbocycles. The van der Waals surface area contributed by atoms with E-state index in [4.69, 9.17) is 4.74 Å². The highest BCUT2D eigenvalue weighted by Gasteiger charge is 2.13. The Morgan fingerprint density at radius 1 is 1.32 bits per heavy atom. The lowest BCUT2D eigenvalue weighted by Gasteiger charge is -2.24. The second-order valence-electron chi connectivity index (χ2n) is 3.97. The van der Waals surface area contributed by atoms with E-state index in [1.54, 1.807) is 11.8 Å². The molecule has 0 aliphatic heterocycles. The summed E-state index contributed by atoms with van der Waals surface area (Å²) in [5.74, 6) is 0.975. The van der Waals surface area contributed by atoms with Gasteiger partial charge in [-0.3, -0.25) is 0 Å². The van der Waals surface area contributed by atoms with Crippen LogP contribution in [0.15, 0.2) is 23.1 Å². The number of rotatable bonds is 8. The maximum atomic E-state index is 9.42. The quantitative estimate of drug-likeness (QED) is 0.538. The third-order valence-corrected chi connectivity index (χ3v) is 3.79. The molecule has 0 aliphatic rings. The van der Waals surface area contributed by atoms with Crippen molar-refractivity contribution >= 4 is 17.4 Å². The molecule has 0 saturated carbocycles. The highest BCUT2D eigenvalue weighted by atomic mass is 32.2. The molecule has 0 radical (unpaired) electrons. The molecule has 0 atom stereocenters. The fraction of sp³-hybridized carbons (Fsp3) is 0.533. The van der Waals surface area contributed by atoms with Crippen molar-refractivity contribution < 1.29 is 4.74 Å². The van der Waals surface area contributed by atoms with Crippen LogP contribution < -0.4 is 4.90 Å². The number of anilines is 1. The van der Waals surface area contributed by atoms with Crippen LogP contribution in [0.25, 0.3) is 0 Å². The predicted octanol–water partition coefficient (Wildman–Crippen LogP) is 3.53. The Hall–Kier alpha value is -1.18. The Labute approximate surface area is 120 Å². The standard InChI is InChI=1S/C15H22N2OS/c1-4-17(10-11-18-5-2)14-8-7-9-15(19-6-3)13(14)12-16/h7-9H,4-6,10-11H2,1-3H3. The molecule has 1 aromatic rings. The van der Waals surface area contributed by atoms with E-state index in [-0.39, 0.29) is 0 Å². The van der Waals surface area contributed by atoms with Gasteiger partial charge < -0.3 is 9.64 Å².